The molecule has 0 amide bonds. The standard InChI is InChI=1S/C11H6ClFN4/c12-10-5-14-6-11(16-10)17-9-3-1-2-8(13)7(9)4-15-17/h1-6H. The third kappa shape index (κ3) is 1.64. The highest BCUT2D eigenvalue weighted by molar-refractivity contribution is 6.29. The van der Waals surface area contributed by atoms with E-state index in [9.17, 15) is 4.39 Å². The Morgan fingerprint density at radius 2 is 2.06 bits per heavy atom. The van der Waals surface area contributed by atoms with E-state index in [0.717, 1.165) is 0 Å². The van der Waals surface area contributed by atoms with Crippen LogP contribution in [-0.2, 0) is 0 Å². The Hall–Kier alpha value is -2.01. The van der Waals surface area contributed by atoms with E-state index in [-0.39, 0.29) is 11.0 Å². The van der Waals surface area contributed by atoms with Gasteiger partial charge in [0.25, 0.3) is 0 Å². The number of hydrogen-bond donors (Lipinski definition) is 0. The number of rotatable bonds is 1. The number of nitrogens with zero attached hydrogens (tertiary/aromatic N) is 4. The molecule has 0 N–H and O–H groups in total. The molecule has 0 saturated carbocycles. The Morgan fingerprint density at radius 3 is 2.88 bits per heavy atom. The van der Waals surface area contributed by atoms with Gasteiger partial charge < -0.3 is 0 Å². The maximum Gasteiger partial charge on any atom is 0.174 e. The molecule has 2 aromatic heterocycles. The van der Waals surface area contributed by atoms with Crippen LogP contribution in [0.5, 0.6) is 0 Å². The topological polar surface area (TPSA) is 43.6 Å². The minimum absolute atomic E-state index is 0.266. The van der Waals surface area contributed by atoms with E-state index in [0.29, 0.717) is 16.7 Å². The highest BCUT2D eigenvalue weighted by Gasteiger charge is 2.09. The van der Waals surface area contributed by atoms with Gasteiger partial charge in [-0.25, -0.2) is 14.1 Å². The molecule has 3 aromatic rings. The lowest BCUT2D eigenvalue weighted by Crippen LogP contribution is -2.00. The predicted octanol–water partition coefficient (Wildman–Crippen LogP) is 2.61. The second-order valence-electron chi connectivity index (χ2n) is 3.43. The number of aromatic nitrogens is 4. The molecule has 0 aliphatic heterocycles. The lowest BCUT2D eigenvalue weighted by Gasteiger charge is -2.01. The van der Waals surface area contributed by atoms with Crippen molar-refractivity contribution in [3.8, 4) is 5.82 Å². The molecule has 0 fully saturated rings. The zero-order valence-corrected chi connectivity index (χ0v) is 9.26. The summed E-state index contributed by atoms with van der Waals surface area (Å²) in [6.45, 7) is 0. The molecule has 6 heteroatoms. The third-order valence-corrected chi connectivity index (χ3v) is 2.55. The van der Waals surface area contributed by atoms with Crippen molar-refractivity contribution in [2.24, 2.45) is 0 Å². The highest BCUT2D eigenvalue weighted by Crippen LogP contribution is 2.19. The minimum atomic E-state index is -0.316. The maximum absolute atomic E-state index is 13.5. The van der Waals surface area contributed by atoms with Crippen molar-refractivity contribution in [2.45, 2.75) is 0 Å². The Morgan fingerprint density at radius 1 is 1.18 bits per heavy atom. The lowest BCUT2D eigenvalue weighted by molar-refractivity contribution is 0.640. The molecule has 2 heterocycles. The molecular formula is C11H6ClFN4. The van der Waals surface area contributed by atoms with Crippen LogP contribution in [0.3, 0.4) is 0 Å². The zero-order valence-electron chi connectivity index (χ0n) is 8.51. The van der Waals surface area contributed by atoms with Gasteiger partial charge in [0.1, 0.15) is 11.0 Å². The molecule has 0 aliphatic rings. The smallest absolute Gasteiger partial charge is 0.174 e. The fourth-order valence-electron chi connectivity index (χ4n) is 1.63. The first-order valence-electron chi connectivity index (χ1n) is 4.86. The van der Waals surface area contributed by atoms with Crippen LogP contribution in [0.2, 0.25) is 5.15 Å². The van der Waals surface area contributed by atoms with Gasteiger partial charge in [-0.3, -0.25) is 4.98 Å². The summed E-state index contributed by atoms with van der Waals surface area (Å²) in [6, 6.07) is 4.76. The summed E-state index contributed by atoms with van der Waals surface area (Å²) in [5, 5.41) is 4.79. The van der Waals surface area contributed by atoms with E-state index in [1.165, 1.54) is 29.3 Å². The zero-order chi connectivity index (χ0) is 11.8. The summed E-state index contributed by atoms with van der Waals surface area (Å²) in [6.07, 6.45) is 4.40. The lowest BCUT2D eigenvalue weighted by atomic mass is 10.2. The van der Waals surface area contributed by atoms with Crippen molar-refractivity contribution in [3.63, 3.8) is 0 Å². The number of benzene rings is 1. The van der Waals surface area contributed by atoms with Gasteiger partial charge in [0.05, 0.1) is 29.5 Å². The highest BCUT2D eigenvalue weighted by atomic mass is 35.5. The molecule has 3 rings (SSSR count). The van der Waals surface area contributed by atoms with E-state index in [1.807, 2.05) is 0 Å². The Balaban J connectivity index is 2.28. The molecule has 17 heavy (non-hydrogen) atoms. The van der Waals surface area contributed by atoms with Crippen molar-refractivity contribution in [3.05, 3.63) is 47.8 Å². The molecule has 0 radical (unpaired) electrons. The normalized spacial score (nSPS) is 10.9. The Bertz CT molecular complexity index is 695. The van der Waals surface area contributed by atoms with Gasteiger partial charge in [-0.1, -0.05) is 17.7 Å². The second-order valence-corrected chi connectivity index (χ2v) is 3.82. The number of hydrogen-bond acceptors (Lipinski definition) is 3. The summed E-state index contributed by atoms with van der Waals surface area (Å²) in [5.41, 5.74) is 0.626. The second kappa shape index (κ2) is 3.78. The van der Waals surface area contributed by atoms with Crippen LogP contribution in [0.15, 0.2) is 36.8 Å². The molecule has 0 atom stereocenters. The quantitative estimate of drug-likeness (QED) is 0.665. The van der Waals surface area contributed by atoms with E-state index < -0.39 is 0 Å². The Labute approximate surface area is 101 Å². The SMILES string of the molecule is Fc1cccc2c1cnn2-c1cncc(Cl)n1. The van der Waals surface area contributed by atoms with Crippen molar-refractivity contribution in [2.75, 3.05) is 0 Å². The molecule has 4 nitrogen and oxygen atoms in total. The Kier molecular flexibility index (Phi) is 2.26. The average molecular weight is 249 g/mol. The molecule has 0 bridgehead atoms. The van der Waals surface area contributed by atoms with E-state index in [4.69, 9.17) is 11.6 Å². The minimum Gasteiger partial charge on any atom is -0.258 e. The first-order valence-corrected chi connectivity index (χ1v) is 5.23. The summed E-state index contributed by atoms with van der Waals surface area (Å²) in [7, 11) is 0. The molecule has 0 spiro atoms. The first-order chi connectivity index (χ1) is 8.25. The van der Waals surface area contributed by atoms with Crippen molar-refractivity contribution < 1.29 is 4.39 Å². The van der Waals surface area contributed by atoms with E-state index in [1.54, 1.807) is 12.1 Å². The van der Waals surface area contributed by atoms with Crippen molar-refractivity contribution >= 4 is 22.5 Å². The average Bonchev–Trinajstić information content (AvgIpc) is 2.74. The van der Waals surface area contributed by atoms with Gasteiger partial charge in [0.2, 0.25) is 0 Å². The van der Waals surface area contributed by atoms with Crippen LogP contribution in [0.1, 0.15) is 0 Å². The molecule has 0 aliphatic carbocycles. The maximum atomic E-state index is 13.5. The molecule has 0 saturated heterocycles. The number of fused-ring (bicyclic) bond motifs is 1. The van der Waals surface area contributed by atoms with Crippen molar-refractivity contribution in [1.82, 2.24) is 19.7 Å². The van der Waals surface area contributed by atoms with Gasteiger partial charge in [0.15, 0.2) is 5.82 Å². The summed E-state index contributed by atoms with van der Waals surface area (Å²) in [5.74, 6) is 0.141. The van der Waals surface area contributed by atoms with Crippen LogP contribution in [-0.4, -0.2) is 19.7 Å². The van der Waals surface area contributed by atoms with Crippen LogP contribution < -0.4 is 0 Å². The molecule has 0 unspecified atom stereocenters. The number of halogens is 2. The molecule has 84 valence electrons. The predicted molar refractivity (Wildman–Crippen MR) is 61.6 cm³/mol. The largest absolute Gasteiger partial charge is 0.258 e. The van der Waals surface area contributed by atoms with Gasteiger partial charge >= 0.3 is 0 Å². The van der Waals surface area contributed by atoms with Gasteiger partial charge in [-0.15, -0.1) is 0 Å². The van der Waals surface area contributed by atoms with E-state index >= 15 is 0 Å². The molecule has 1 aromatic carbocycles. The first kappa shape index (κ1) is 10.2. The van der Waals surface area contributed by atoms with Crippen LogP contribution in [0.25, 0.3) is 16.7 Å². The van der Waals surface area contributed by atoms with Gasteiger partial charge in [-0.2, -0.15) is 5.10 Å². The van der Waals surface area contributed by atoms with Gasteiger partial charge in [-0.05, 0) is 12.1 Å². The summed E-state index contributed by atoms with van der Waals surface area (Å²) < 4.78 is 15.0. The molecular weight excluding hydrogens is 243 g/mol. The van der Waals surface area contributed by atoms with Crippen LogP contribution >= 0.6 is 11.6 Å². The fraction of sp³-hybridized carbons (Fsp3) is 0. The van der Waals surface area contributed by atoms with Crippen LogP contribution in [0.4, 0.5) is 4.39 Å². The summed E-state index contributed by atoms with van der Waals surface area (Å²) in [4.78, 5) is 8.00. The van der Waals surface area contributed by atoms with Crippen molar-refractivity contribution in [1.29, 1.82) is 0 Å². The monoisotopic (exact) mass is 248 g/mol. The fourth-order valence-corrected chi connectivity index (χ4v) is 1.78. The third-order valence-electron chi connectivity index (χ3n) is 2.37. The van der Waals surface area contributed by atoms with Gasteiger partial charge in [0, 0.05) is 0 Å². The van der Waals surface area contributed by atoms with E-state index in [2.05, 4.69) is 15.1 Å². The van der Waals surface area contributed by atoms with Crippen LogP contribution in [0, 0.1) is 5.82 Å². The summed E-state index contributed by atoms with van der Waals surface area (Å²) >= 11 is 5.76.